The lowest BCUT2D eigenvalue weighted by atomic mass is 10.2. The second-order valence-corrected chi connectivity index (χ2v) is 5.68. The molecule has 100 valence electrons. The van der Waals surface area contributed by atoms with Gasteiger partial charge in [-0.25, -0.2) is 4.98 Å². The van der Waals surface area contributed by atoms with Gasteiger partial charge in [-0.2, -0.15) is 0 Å². The van der Waals surface area contributed by atoms with Crippen molar-refractivity contribution in [2.75, 3.05) is 5.32 Å². The Balaban J connectivity index is 2.10. The van der Waals surface area contributed by atoms with Gasteiger partial charge in [0.25, 0.3) is 0 Å². The molecule has 0 saturated carbocycles. The maximum absolute atomic E-state index is 10.0. The smallest absolute Gasteiger partial charge is 0.168 e. The van der Waals surface area contributed by atoms with E-state index in [2.05, 4.69) is 10.3 Å². The number of fused-ring (bicyclic) bond motifs is 1. The Kier molecular flexibility index (Phi) is 3.25. The van der Waals surface area contributed by atoms with Crippen molar-refractivity contribution in [1.82, 2.24) is 4.98 Å². The fraction of sp³-hybridized carbons (Fsp3) is 0. The minimum Gasteiger partial charge on any atom is -0.507 e. The molecule has 0 amide bonds. The van der Waals surface area contributed by atoms with Gasteiger partial charge < -0.3 is 16.2 Å². The molecular formula is C14H11N3OS2. The normalized spacial score (nSPS) is 10.6. The molecule has 0 spiro atoms. The Labute approximate surface area is 124 Å². The lowest BCUT2D eigenvalue weighted by Crippen LogP contribution is -2.18. The highest BCUT2D eigenvalue weighted by Gasteiger charge is 2.11. The number of nitrogens with two attached hydrogens (primary N) is 1. The molecule has 0 unspecified atom stereocenters. The summed E-state index contributed by atoms with van der Waals surface area (Å²) < 4.78 is 1.08. The number of anilines is 1. The fourth-order valence-corrected chi connectivity index (χ4v) is 3.02. The number of aromatic nitrogens is 1. The second-order valence-electron chi connectivity index (χ2n) is 4.21. The molecule has 0 aliphatic carbocycles. The van der Waals surface area contributed by atoms with Crippen LogP contribution in [-0.4, -0.2) is 15.2 Å². The van der Waals surface area contributed by atoms with Crippen LogP contribution in [0.1, 0.15) is 0 Å². The number of phenolic OH excluding ortho intramolecular Hbond substituents is 1. The largest absolute Gasteiger partial charge is 0.507 e. The molecule has 0 aliphatic rings. The van der Waals surface area contributed by atoms with Gasteiger partial charge in [0.1, 0.15) is 10.8 Å². The first kappa shape index (κ1) is 12.8. The Bertz CT molecular complexity index is 765. The summed E-state index contributed by atoms with van der Waals surface area (Å²) in [7, 11) is 0. The van der Waals surface area contributed by atoms with E-state index in [1.165, 1.54) is 11.3 Å². The quantitative estimate of drug-likeness (QED) is 0.500. The van der Waals surface area contributed by atoms with E-state index in [1.807, 2.05) is 24.3 Å². The molecule has 6 heteroatoms. The molecule has 3 rings (SSSR count). The predicted octanol–water partition coefficient (Wildman–Crippen LogP) is 3.32. The van der Waals surface area contributed by atoms with Crippen molar-refractivity contribution < 1.29 is 5.11 Å². The Hall–Kier alpha value is -2.18. The summed E-state index contributed by atoms with van der Waals surface area (Å²) >= 11 is 6.34. The first-order chi connectivity index (χ1) is 9.63. The molecule has 4 N–H and O–H groups in total. The molecule has 0 atom stereocenters. The molecule has 0 bridgehead atoms. The van der Waals surface area contributed by atoms with Gasteiger partial charge in [0.2, 0.25) is 0 Å². The van der Waals surface area contributed by atoms with Crippen LogP contribution in [0.5, 0.6) is 5.75 Å². The topological polar surface area (TPSA) is 71.2 Å². The van der Waals surface area contributed by atoms with E-state index in [1.54, 1.807) is 18.2 Å². The number of nitrogens with one attached hydrogen (secondary N) is 1. The molecule has 0 radical (unpaired) electrons. The summed E-state index contributed by atoms with van der Waals surface area (Å²) in [5.41, 5.74) is 7.76. The maximum Gasteiger partial charge on any atom is 0.168 e. The minimum atomic E-state index is 0.178. The van der Waals surface area contributed by atoms with E-state index in [-0.39, 0.29) is 10.9 Å². The van der Waals surface area contributed by atoms with Gasteiger partial charge in [-0.3, -0.25) is 0 Å². The molecule has 0 fully saturated rings. The third kappa shape index (κ3) is 2.43. The van der Waals surface area contributed by atoms with Crippen LogP contribution in [0.2, 0.25) is 0 Å². The number of thiocarbonyl (C=S) groups is 1. The van der Waals surface area contributed by atoms with Gasteiger partial charge in [0, 0.05) is 5.69 Å². The van der Waals surface area contributed by atoms with Crippen molar-refractivity contribution in [1.29, 1.82) is 0 Å². The molecule has 20 heavy (non-hydrogen) atoms. The average molecular weight is 301 g/mol. The van der Waals surface area contributed by atoms with Crippen LogP contribution in [-0.2, 0) is 0 Å². The summed E-state index contributed by atoms with van der Waals surface area (Å²) in [6.07, 6.45) is 0. The summed E-state index contributed by atoms with van der Waals surface area (Å²) in [5, 5.41) is 13.8. The van der Waals surface area contributed by atoms with Gasteiger partial charge in [-0.05, 0) is 42.5 Å². The van der Waals surface area contributed by atoms with Crippen LogP contribution in [0.15, 0.2) is 42.5 Å². The molecule has 4 nitrogen and oxygen atoms in total. The van der Waals surface area contributed by atoms with Crippen LogP contribution >= 0.6 is 23.6 Å². The van der Waals surface area contributed by atoms with Crippen molar-refractivity contribution >= 4 is 44.6 Å². The van der Waals surface area contributed by atoms with E-state index in [9.17, 15) is 5.11 Å². The van der Waals surface area contributed by atoms with E-state index in [0.717, 1.165) is 20.9 Å². The van der Waals surface area contributed by atoms with Gasteiger partial charge in [0.05, 0.1) is 15.8 Å². The standard InChI is InChI=1S/C14H11N3OS2/c15-14(19)16-8-5-6-11(18)9(7-8)13-17-10-3-1-2-4-12(10)20-13/h1-7,18H,(H3,15,16,19). The van der Waals surface area contributed by atoms with Crippen molar-refractivity contribution in [3.63, 3.8) is 0 Å². The van der Waals surface area contributed by atoms with Crippen molar-refractivity contribution in [3.05, 3.63) is 42.5 Å². The third-order valence-corrected chi connectivity index (χ3v) is 3.96. The zero-order valence-corrected chi connectivity index (χ0v) is 12.0. The summed E-state index contributed by atoms with van der Waals surface area (Å²) in [5.74, 6) is 0.178. The molecule has 3 aromatic rings. The first-order valence-electron chi connectivity index (χ1n) is 5.89. The van der Waals surface area contributed by atoms with E-state index >= 15 is 0 Å². The Morgan fingerprint density at radius 1 is 1.25 bits per heavy atom. The van der Waals surface area contributed by atoms with Gasteiger partial charge in [-0.1, -0.05) is 12.1 Å². The lowest BCUT2D eigenvalue weighted by molar-refractivity contribution is 0.477. The summed E-state index contributed by atoms with van der Waals surface area (Å²) in [4.78, 5) is 4.53. The van der Waals surface area contributed by atoms with Gasteiger partial charge in [-0.15, -0.1) is 11.3 Å². The molecule has 0 saturated heterocycles. The SMILES string of the molecule is NC(=S)Nc1ccc(O)c(-c2nc3ccccc3s2)c1. The molecule has 1 heterocycles. The van der Waals surface area contributed by atoms with Gasteiger partial charge in [0.15, 0.2) is 5.11 Å². The van der Waals surface area contributed by atoms with Crippen molar-refractivity contribution in [2.24, 2.45) is 5.73 Å². The number of para-hydroxylation sites is 1. The van der Waals surface area contributed by atoms with Crippen LogP contribution in [0.4, 0.5) is 5.69 Å². The Morgan fingerprint density at radius 2 is 2.05 bits per heavy atom. The summed E-state index contributed by atoms with van der Waals surface area (Å²) in [6.45, 7) is 0. The third-order valence-electron chi connectivity index (χ3n) is 2.79. The average Bonchev–Trinajstić information content (AvgIpc) is 2.84. The van der Waals surface area contributed by atoms with Crippen LogP contribution in [0.3, 0.4) is 0 Å². The van der Waals surface area contributed by atoms with Crippen molar-refractivity contribution in [3.8, 4) is 16.3 Å². The van der Waals surface area contributed by atoms with Gasteiger partial charge >= 0.3 is 0 Å². The van der Waals surface area contributed by atoms with Crippen LogP contribution in [0.25, 0.3) is 20.8 Å². The number of aromatic hydroxyl groups is 1. The summed E-state index contributed by atoms with van der Waals surface area (Å²) in [6, 6.07) is 13.0. The monoisotopic (exact) mass is 301 g/mol. The number of nitrogens with zero attached hydrogens (tertiary/aromatic N) is 1. The second kappa shape index (κ2) is 5.07. The number of rotatable bonds is 2. The molecular weight excluding hydrogens is 290 g/mol. The molecule has 0 aliphatic heterocycles. The Morgan fingerprint density at radius 3 is 2.80 bits per heavy atom. The lowest BCUT2D eigenvalue weighted by Gasteiger charge is -2.06. The van der Waals surface area contributed by atoms with Crippen LogP contribution < -0.4 is 11.1 Å². The highest BCUT2D eigenvalue weighted by molar-refractivity contribution is 7.80. The number of benzene rings is 2. The van der Waals surface area contributed by atoms with E-state index < -0.39 is 0 Å². The minimum absolute atomic E-state index is 0.178. The highest BCUT2D eigenvalue weighted by atomic mass is 32.1. The highest BCUT2D eigenvalue weighted by Crippen LogP contribution is 2.36. The van der Waals surface area contributed by atoms with Crippen molar-refractivity contribution in [2.45, 2.75) is 0 Å². The zero-order valence-electron chi connectivity index (χ0n) is 10.3. The van der Waals surface area contributed by atoms with Crippen LogP contribution in [0, 0.1) is 0 Å². The zero-order chi connectivity index (χ0) is 14.1. The predicted molar refractivity (Wildman–Crippen MR) is 87.1 cm³/mol. The maximum atomic E-state index is 10.0. The number of phenols is 1. The number of hydrogen-bond donors (Lipinski definition) is 3. The molecule has 1 aromatic heterocycles. The number of thiazole rings is 1. The van der Waals surface area contributed by atoms with E-state index in [4.69, 9.17) is 18.0 Å². The number of hydrogen-bond acceptors (Lipinski definition) is 4. The molecule has 2 aromatic carbocycles. The first-order valence-corrected chi connectivity index (χ1v) is 7.11. The fourth-order valence-electron chi connectivity index (χ4n) is 1.91. The van der Waals surface area contributed by atoms with E-state index in [0.29, 0.717) is 5.56 Å².